The number of aryl methyl sites for hydroxylation is 1. The average molecular weight is 543 g/mol. The van der Waals surface area contributed by atoms with Gasteiger partial charge in [-0.1, -0.05) is 7.43 Å². The standard InChI is InChI=1S/C26H24N8O2.C2H6O.CH4/c1-16-10-17(5-7-22(16)36-19-8-9-34-23(12-19)28-15-30-34)31-24-20-11-18(4-6-21(20)27-14-29-24)32-25-33-26(2,3)13-35-25;1-2-3;/h4-12,14-15H,13H2,1-3H3,(H,32,33)(H,27,29,31);3H,2H2,1H3;1H4. The first-order valence-corrected chi connectivity index (χ1v) is 12.5. The fourth-order valence-corrected chi connectivity index (χ4v) is 3.97. The molecule has 1 aliphatic rings. The van der Waals surface area contributed by atoms with E-state index in [1.54, 1.807) is 17.8 Å². The van der Waals surface area contributed by atoms with Crippen molar-refractivity contribution in [1.29, 1.82) is 0 Å². The number of amidine groups is 1. The number of aliphatic imine (C=N–C) groups is 1. The molecule has 11 nitrogen and oxygen atoms in total. The van der Waals surface area contributed by atoms with Crippen molar-refractivity contribution in [3.05, 3.63) is 72.9 Å². The van der Waals surface area contributed by atoms with Crippen LogP contribution in [0.3, 0.4) is 0 Å². The molecule has 3 N–H and O–H groups in total. The molecule has 0 amide bonds. The van der Waals surface area contributed by atoms with Gasteiger partial charge in [0.25, 0.3) is 6.02 Å². The number of benzene rings is 2. The van der Waals surface area contributed by atoms with Crippen LogP contribution in [0.5, 0.6) is 11.5 Å². The third-order valence-electron chi connectivity index (χ3n) is 5.77. The normalized spacial score (nSPS) is 13.5. The number of fused-ring (bicyclic) bond motifs is 2. The molecule has 0 aliphatic carbocycles. The van der Waals surface area contributed by atoms with Gasteiger partial charge in [0.15, 0.2) is 5.65 Å². The second-order valence-corrected chi connectivity index (χ2v) is 9.55. The Morgan fingerprint density at radius 1 is 1.00 bits per heavy atom. The zero-order chi connectivity index (χ0) is 27.4. The number of ether oxygens (including phenoxy) is 2. The van der Waals surface area contributed by atoms with Crippen LogP contribution in [0.25, 0.3) is 16.6 Å². The summed E-state index contributed by atoms with van der Waals surface area (Å²) >= 11 is 0. The molecule has 40 heavy (non-hydrogen) atoms. The first-order valence-electron chi connectivity index (χ1n) is 12.5. The van der Waals surface area contributed by atoms with Crippen LogP contribution in [0, 0.1) is 6.92 Å². The fourth-order valence-electron chi connectivity index (χ4n) is 3.97. The summed E-state index contributed by atoms with van der Waals surface area (Å²) in [5.41, 5.74) is 4.03. The molecule has 0 atom stereocenters. The summed E-state index contributed by atoms with van der Waals surface area (Å²) < 4.78 is 13.4. The van der Waals surface area contributed by atoms with E-state index in [2.05, 4.69) is 35.7 Å². The molecule has 11 heteroatoms. The van der Waals surface area contributed by atoms with E-state index < -0.39 is 0 Å². The molecule has 1 aliphatic heterocycles. The molecular formula is C29H34N8O3. The number of nitrogens with zero attached hydrogens (tertiary/aromatic N) is 6. The number of aromatic nitrogens is 5. The summed E-state index contributed by atoms with van der Waals surface area (Å²) in [6.07, 6.45) is 4.88. The van der Waals surface area contributed by atoms with E-state index in [4.69, 9.17) is 14.6 Å². The fraction of sp³-hybridized carbons (Fsp3) is 0.276. The molecule has 3 aromatic heterocycles. The summed E-state index contributed by atoms with van der Waals surface area (Å²) in [5, 5.41) is 19.2. The minimum atomic E-state index is -0.230. The Balaban J connectivity index is 0.000000886. The Hall–Kier alpha value is -4.77. The van der Waals surface area contributed by atoms with E-state index in [0.717, 1.165) is 39.2 Å². The van der Waals surface area contributed by atoms with E-state index >= 15 is 0 Å². The highest BCUT2D eigenvalue weighted by molar-refractivity contribution is 5.97. The molecule has 6 rings (SSSR count). The highest BCUT2D eigenvalue weighted by atomic mass is 16.5. The van der Waals surface area contributed by atoms with Crippen molar-refractivity contribution in [3.8, 4) is 11.5 Å². The molecule has 0 radical (unpaired) electrons. The van der Waals surface area contributed by atoms with Gasteiger partial charge in [-0.3, -0.25) is 0 Å². The first kappa shape index (κ1) is 28.2. The maximum Gasteiger partial charge on any atom is 0.289 e. The molecule has 0 fully saturated rings. The lowest BCUT2D eigenvalue weighted by Gasteiger charge is -2.13. The molecular weight excluding hydrogens is 508 g/mol. The SMILES string of the molecule is C.CCO.Cc1cc(Nc2ncnc3ccc(NC4=NC(C)(C)CO4)cc23)ccc1Oc1ccn2ncnc2c1. The van der Waals surface area contributed by atoms with Crippen LogP contribution in [0.1, 0.15) is 33.8 Å². The quantitative estimate of drug-likeness (QED) is 0.255. The molecule has 0 saturated heterocycles. The molecule has 0 unspecified atom stereocenters. The van der Waals surface area contributed by atoms with Gasteiger partial charge in [0.2, 0.25) is 0 Å². The van der Waals surface area contributed by atoms with Gasteiger partial charge < -0.3 is 25.2 Å². The van der Waals surface area contributed by atoms with Gasteiger partial charge >= 0.3 is 0 Å². The van der Waals surface area contributed by atoms with Crippen LogP contribution in [0.4, 0.5) is 17.2 Å². The Morgan fingerprint density at radius 2 is 1.77 bits per heavy atom. The second kappa shape index (κ2) is 12.0. The monoisotopic (exact) mass is 542 g/mol. The minimum Gasteiger partial charge on any atom is -0.462 e. The van der Waals surface area contributed by atoms with E-state index in [1.807, 2.05) is 75.5 Å². The number of rotatable bonds is 5. The van der Waals surface area contributed by atoms with Crippen LogP contribution >= 0.6 is 0 Å². The zero-order valence-electron chi connectivity index (χ0n) is 22.2. The molecule has 0 bridgehead atoms. The molecule has 4 heterocycles. The largest absolute Gasteiger partial charge is 0.462 e. The summed E-state index contributed by atoms with van der Waals surface area (Å²) in [6.45, 7) is 8.55. The highest BCUT2D eigenvalue weighted by Gasteiger charge is 2.26. The van der Waals surface area contributed by atoms with Crippen LogP contribution < -0.4 is 15.4 Å². The highest BCUT2D eigenvalue weighted by Crippen LogP contribution is 2.31. The van der Waals surface area contributed by atoms with Gasteiger partial charge in [0.1, 0.15) is 36.6 Å². The van der Waals surface area contributed by atoms with Crippen LogP contribution in [0.15, 0.2) is 72.4 Å². The molecule has 0 saturated carbocycles. The van der Waals surface area contributed by atoms with Crippen molar-refractivity contribution in [2.75, 3.05) is 23.8 Å². The second-order valence-electron chi connectivity index (χ2n) is 9.55. The third kappa shape index (κ3) is 6.44. The lowest BCUT2D eigenvalue weighted by atomic mass is 10.1. The van der Waals surface area contributed by atoms with Gasteiger partial charge in [-0.25, -0.2) is 24.5 Å². The molecule has 5 aromatic rings. The van der Waals surface area contributed by atoms with Crippen LogP contribution in [0.2, 0.25) is 0 Å². The smallest absolute Gasteiger partial charge is 0.289 e. The van der Waals surface area contributed by atoms with Crippen molar-refractivity contribution in [2.24, 2.45) is 4.99 Å². The first-order chi connectivity index (χ1) is 18.8. The lowest BCUT2D eigenvalue weighted by Crippen LogP contribution is -2.17. The van der Waals surface area contributed by atoms with Gasteiger partial charge in [0, 0.05) is 35.6 Å². The predicted molar refractivity (Wildman–Crippen MR) is 158 cm³/mol. The topological polar surface area (TPSA) is 131 Å². The Bertz CT molecular complexity index is 1650. The summed E-state index contributed by atoms with van der Waals surface area (Å²) in [4.78, 5) is 17.7. The lowest BCUT2D eigenvalue weighted by molar-refractivity contribution is 0.278. The van der Waals surface area contributed by atoms with Crippen molar-refractivity contribution in [3.63, 3.8) is 0 Å². The van der Waals surface area contributed by atoms with Crippen LogP contribution in [-0.4, -0.2) is 54.4 Å². The van der Waals surface area contributed by atoms with Crippen molar-refractivity contribution < 1.29 is 14.6 Å². The number of pyridine rings is 1. The van der Waals surface area contributed by atoms with Gasteiger partial charge in [-0.2, -0.15) is 5.10 Å². The van der Waals surface area contributed by atoms with Gasteiger partial charge in [-0.05, 0) is 75.7 Å². The summed E-state index contributed by atoms with van der Waals surface area (Å²) in [7, 11) is 0. The number of hydrogen-bond acceptors (Lipinski definition) is 10. The van der Waals surface area contributed by atoms with E-state index in [9.17, 15) is 0 Å². The van der Waals surface area contributed by atoms with Crippen LogP contribution in [-0.2, 0) is 4.74 Å². The average Bonchev–Trinajstić information content (AvgIpc) is 3.51. The van der Waals surface area contributed by atoms with Crippen molar-refractivity contribution >= 4 is 39.8 Å². The number of anilines is 3. The predicted octanol–water partition coefficient (Wildman–Crippen LogP) is 5.73. The number of hydrogen-bond donors (Lipinski definition) is 3. The minimum absolute atomic E-state index is 0. The van der Waals surface area contributed by atoms with Crippen molar-refractivity contribution in [2.45, 2.75) is 40.7 Å². The van der Waals surface area contributed by atoms with Gasteiger partial charge in [-0.15, -0.1) is 0 Å². The summed E-state index contributed by atoms with van der Waals surface area (Å²) in [6, 6.07) is 16.0. The van der Waals surface area contributed by atoms with E-state index in [1.165, 1.54) is 6.33 Å². The third-order valence-corrected chi connectivity index (χ3v) is 5.77. The number of nitrogens with one attached hydrogen (secondary N) is 2. The maximum absolute atomic E-state index is 7.57. The van der Waals surface area contributed by atoms with E-state index in [0.29, 0.717) is 24.2 Å². The molecule has 2 aromatic carbocycles. The molecule has 208 valence electrons. The summed E-state index contributed by atoms with van der Waals surface area (Å²) in [5.74, 6) is 2.15. The van der Waals surface area contributed by atoms with E-state index in [-0.39, 0.29) is 19.6 Å². The Morgan fingerprint density at radius 3 is 2.52 bits per heavy atom. The Kier molecular flexibility index (Phi) is 8.44. The molecule has 0 spiro atoms. The Labute approximate surface area is 232 Å². The maximum atomic E-state index is 7.57. The van der Waals surface area contributed by atoms with Crippen molar-refractivity contribution in [1.82, 2.24) is 24.6 Å². The zero-order valence-corrected chi connectivity index (χ0v) is 22.2. The number of aliphatic hydroxyl groups excluding tert-OH is 1. The number of aliphatic hydroxyl groups is 1. The van der Waals surface area contributed by atoms with Gasteiger partial charge in [0.05, 0.1) is 11.1 Å².